The maximum atomic E-state index is 9.46. The third kappa shape index (κ3) is 3.19. The van der Waals surface area contributed by atoms with E-state index in [-0.39, 0.29) is 16.9 Å². The summed E-state index contributed by atoms with van der Waals surface area (Å²) in [6.45, 7) is 0. The number of benzene rings is 3. The van der Waals surface area contributed by atoms with Gasteiger partial charge in [0.25, 0.3) is 0 Å². The summed E-state index contributed by atoms with van der Waals surface area (Å²) < 4.78 is 11.7. The molecule has 0 radical (unpaired) electrons. The van der Waals surface area contributed by atoms with Crippen LogP contribution < -0.4 is 9.47 Å². The van der Waals surface area contributed by atoms with Gasteiger partial charge in [0.15, 0.2) is 11.5 Å². The van der Waals surface area contributed by atoms with Crippen molar-refractivity contribution in [3.05, 3.63) is 83.9 Å². The van der Waals surface area contributed by atoms with Gasteiger partial charge in [0.05, 0.1) is 5.56 Å². The molecule has 0 fully saturated rings. The maximum absolute atomic E-state index is 9.46. The van der Waals surface area contributed by atoms with E-state index in [9.17, 15) is 10.5 Å². The van der Waals surface area contributed by atoms with Gasteiger partial charge in [-0.15, -0.1) is 0 Å². The minimum absolute atomic E-state index is 0.148. The number of para-hydroxylation sites is 2. The minimum atomic E-state index is 0.148. The SMILES string of the molecule is N#Cc1ccc(Oc2ccccc2)c(Oc2ccccc2)c1C#N. The van der Waals surface area contributed by atoms with Gasteiger partial charge in [0.1, 0.15) is 29.2 Å². The molecule has 0 aliphatic rings. The Labute approximate surface area is 139 Å². The minimum Gasteiger partial charge on any atom is -0.453 e. The predicted molar refractivity (Wildman–Crippen MR) is 88.9 cm³/mol. The van der Waals surface area contributed by atoms with Crippen LogP contribution in [0.2, 0.25) is 0 Å². The summed E-state index contributed by atoms with van der Waals surface area (Å²) in [5.74, 6) is 1.78. The van der Waals surface area contributed by atoms with Gasteiger partial charge in [0.2, 0.25) is 0 Å². The molecule has 0 unspecified atom stereocenters. The Morgan fingerprint density at radius 2 is 1.21 bits per heavy atom. The monoisotopic (exact) mass is 312 g/mol. The molecule has 0 saturated carbocycles. The average Bonchev–Trinajstić information content (AvgIpc) is 2.64. The van der Waals surface area contributed by atoms with Gasteiger partial charge in [-0.3, -0.25) is 0 Å². The van der Waals surface area contributed by atoms with Gasteiger partial charge in [0, 0.05) is 0 Å². The highest BCUT2D eigenvalue weighted by Crippen LogP contribution is 2.39. The highest BCUT2D eigenvalue weighted by molar-refractivity contribution is 5.62. The lowest BCUT2D eigenvalue weighted by Crippen LogP contribution is -1.96. The van der Waals surface area contributed by atoms with Crippen LogP contribution in [-0.2, 0) is 0 Å². The third-order valence-electron chi connectivity index (χ3n) is 3.29. The molecule has 0 N–H and O–H groups in total. The van der Waals surface area contributed by atoms with Crippen LogP contribution in [0, 0.1) is 22.7 Å². The highest BCUT2D eigenvalue weighted by atomic mass is 16.5. The van der Waals surface area contributed by atoms with Crippen molar-refractivity contribution in [2.45, 2.75) is 0 Å². The van der Waals surface area contributed by atoms with E-state index in [0.29, 0.717) is 17.2 Å². The van der Waals surface area contributed by atoms with Crippen LogP contribution in [0.5, 0.6) is 23.0 Å². The molecule has 0 saturated heterocycles. The zero-order valence-corrected chi connectivity index (χ0v) is 12.6. The van der Waals surface area contributed by atoms with E-state index in [4.69, 9.17) is 9.47 Å². The van der Waals surface area contributed by atoms with Crippen LogP contribution in [0.3, 0.4) is 0 Å². The van der Waals surface area contributed by atoms with E-state index in [1.807, 2.05) is 48.5 Å². The van der Waals surface area contributed by atoms with Crippen LogP contribution in [0.25, 0.3) is 0 Å². The fourth-order valence-electron chi connectivity index (χ4n) is 2.17. The second kappa shape index (κ2) is 7.00. The third-order valence-corrected chi connectivity index (χ3v) is 3.29. The molecule has 0 spiro atoms. The zero-order chi connectivity index (χ0) is 16.8. The Hall–Kier alpha value is -3.76. The van der Waals surface area contributed by atoms with Crippen molar-refractivity contribution in [1.82, 2.24) is 0 Å². The topological polar surface area (TPSA) is 66.0 Å². The number of ether oxygens (including phenoxy) is 2. The standard InChI is InChI=1S/C20H12N2O2/c21-13-15-11-12-19(23-16-7-3-1-4-8-16)20(18(15)14-22)24-17-9-5-2-6-10-17/h1-12H. The molecule has 0 atom stereocenters. The van der Waals surface area contributed by atoms with Crippen molar-refractivity contribution in [1.29, 1.82) is 10.5 Å². The quantitative estimate of drug-likeness (QED) is 0.679. The first-order valence-electron chi connectivity index (χ1n) is 7.25. The summed E-state index contributed by atoms with van der Waals surface area (Å²) in [5.41, 5.74) is 0.388. The molecule has 24 heavy (non-hydrogen) atoms. The first kappa shape index (κ1) is 15.1. The summed E-state index contributed by atoms with van der Waals surface area (Å²) in [7, 11) is 0. The first-order chi connectivity index (χ1) is 11.8. The van der Waals surface area contributed by atoms with Gasteiger partial charge in [-0.25, -0.2) is 0 Å². The Morgan fingerprint density at radius 3 is 1.75 bits per heavy atom. The molecule has 0 aliphatic heterocycles. The van der Waals surface area contributed by atoms with Gasteiger partial charge >= 0.3 is 0 Å². The van der Waals surface area contributed by atoms with Crippen LogP contribution >= 0.6 is 0 Å². The van der Waals surface area contributed by atoms with Crippen molar-refractivity contribution in [2.24, 2.45) is 0 Å². The number of nitrogens with zero attached hydrogens (tertiary/aromatic N) is 2. The van der Waals surface area contributed by atoms with Crippen LogP contribution in [-0.4, -0.2) is 0 Å². The Kier molecular flexibility index (Phi) is 4.42. The molecule has 0 bridgehead atoms. The fraction of sp³-hybridized carbons (Fsp3) is 0. The molecule has 4 nitrogen and oxygen atoms in total. The summed E-state index contributed by atoms with van der Waals surface area (Å²) in [6, 6.07) is 25.5. The Balaban J connectivity index is 2.08. The number of hydrogen-bond donors (Lipinski definition) is 0. The van der Waals surface area contributed by atoms with E-state index in [0.717, 1.165) is 0 Å². The number of nitriles is 2. The lowest BCUT2D eigenvalue weighted by atomic mass is 10.1. The van der Waals surface area contributed by atoms with Gasteiger partial charge in [-0.2, -0.15) is 10.5 Å². The summed E-state index contributed by atoms with van der Waals surface area (Å²) >= 11 is 0. The van der Waals surface area contributed by atoms with Crippen molar-refractivity contribution in [2.75, 3.05) is 0 Å². The second-order valence-corrected chi connectivity index (χ2v) is 4.87. The second-order valence-electron chi connectivity index (χ2n) is 4.87. The molecule has 0 heterocycles. The van der Waals surface area contributed by atoms with Crippen molar-refractivity contribution >= 4 is 0 Å². The molecule has 0 aliphatic carbocycles. The molecule has 3 aromatic carbocycles. The molecule has 114 valence electrons. The first-order valence-corrected chi connectivity index (χ1v) is 7.25. The number of rotatable bonds is 4. The van der Waals surface area contributed by atoms with Crippen molar-refractivity contribution in [3.8, 4) is 35.1 Å². The van der Waals surface area contributed by atoms with Crippen LogP contribution in [0.4, 0.5) is 0 Å². The molecule has 3 aromatic rings. The Morgan fingerprint density at radius 1 is 0.625 bits per heavy atom. The normalized spacial score (nSPS) is 9.58. The predicted octanol–water partition coefficient (Wildman–Crippen LogP) is 5.01. The lowest BCUT2D eigenvalue weighted by molar-refractivity contribution is 0.417. The van der Waals surface area contributed by atoms with Crippen LogP contribution in [0.1, 0.15) is 11.1 Å². The van der Waals surface area contributed by atoms with Gasteiger partial charge in [-0.05, 0) is 36.4 Å². The molecular formula is C20H12N2O2. The number of hydrogen-bond acceptors (Lipinski definition) is 4. The summed E-state index contributed by atoms with van der Waals surface area (Å²) in [5, 5.41) is 18.7. The summed E-state index contributed by atoms with van der Waals surface area (Å²) in [4.78, 5) is 0. The molecule has 4 heteroatoms. The van der Waals surface area contributed by atoms with E-state index in [1.165, 1.54) is 0 Å². The average molecular weight is 312 g/mol. The zero-order valence-electron chi connectivity index (χ0n) is 12.6. The fourth-order valence-corrected chi connectivity index (χ4v) is 2.17. The van der Waals surface area contributed by atoms with Gasteiger partial charge < -0.3 is 9.47 Å². The van der Waals surface area contributed by atoms with E-state index >= 15 is 0 Å². The molecule has 3 rings (SSSR count). The van der Waals surface area contributed by atoms with Crippen molar-refractivity contribution in [3.63, 3.8) is 0 Å². The largest absolute Gasteiger partial charge is 0.453 e. The van der Waals surface area contributed by atoms with Crippen LogP contribution in [0.15, 0.2) is 72.8 Å². The highest BCUT2D eigenvalue weighted by Gasteiger charge is 2.17. The van der Waals surface area contributed by atoms with E-state index in [2.05, 4.69) is 0 Å². The smallest absolute Gasteiger partial charge is 0.189 e. The molecule has 0 amide bonds. The molecule has 0 aromatic heterocycles. The van der Waals surface area contributed by atoms with E-state index in [1.54, 1.807) is 36.4 Å². The maximum Gasteiger partial charge on any atom is 0.189 e. The van der Waals surface area contributed by atoms with Gasteiger partial charge in [-0.1, -0.05) is 36.4 Å². The lowest BCUT2D eigenvalue weighted by Gasteiger charge is -2.14. The van der Waals surface area contributed by atoms with Crippen molar-refractivity contribution < 1.29 is 9.47 Å². The molecular weight excluding hydrogens is 300 g/mol. The Bertz CT molecular complexity index is 924. The van der Waals surface area contributed by atoms with E-state index < -0.39 is 0 Å². The summed E-state index contributed by atoms with van der Waals surface area (Å²) in [6.07, 6.45) is 0.